The minimum absolute atomic E-state index is 0.0812. The van der Waals surface area contributed by atoms with Crippen molar-refractivity contribution in [1.82, 2.24) is 4.90 Å². The molecule has 1 atom stereocenters. The number of nitrogens with zero attached hydrogens (tertiary/aromatic N) is 2. The molecule has 0 aliphatic carbocycles. The molecule has 0 bridgehead atoms. The third kappa shape index (κ3) is 5.38. The molecule has 132 valence electrons. The monoisotopic (exact) mass is 340 g/mol. The van der Waals surface area contributed by atoms with Crippen molar-refractivity contribution in [3.8, 4) is 6.07 Å². The highest BCUT2D eigenvalue weighted by molar-refractivity contribution is 5.43. The number of halogens is 1. The van der Waals surface area contributed by atoms with Gasteiger partial charge in [0, 0.05) is 5.92 Å². The minimum Gasteiger partial charge on any atom is -0.392 e. The number of aliphatic hydroxyl groups is 1. The van der Waals surface area contributed by atoms with E-state index < -0.39 is 0 Å². The molecule has 0 saturated carbocycles. The van der Waals surface area contributed by atoms with Crippen LogP contribution in [0.4, 0.5) is 4.39 Å². The Hall–Kier alpha value is -2.22. The van der Waals surface area contributed by atoms with E-state index in [1.807, 2.05) is 18.2 Å². The van der Waals surface area contributed by atoms with Crippen LogP contribution < -0.4 is 0 Å². The van der Waals surface area contributed by atoms with Gasteiger partial charge in [-0.15, -0.1) is 0 Å². The van der Waals surface area contributed by atoms with Crippen molar-refractivity contribution in [2.24, 2.45) is 0 Å². The van der Waals surface area contributed by atoms with Crippen molar-refractivity contribution in [3.05, 3.63) is 70.5 Å². The molecule has 0 saturated heterocycles. The molecule has 0 heterocycles. The zero-order chi connectivity index (χ0) is 18.2. The molecular weight excluding hydrogens is 315 g/mol. The molecule has 1 N–H and O–H groups in total. The lowest BCUT2D eigenvalue weighted by molar-refractivity contribution is 0.280. The molecule has 0 radical (unpaired) electrons. The van der Waals surface area contributed by atoms with Gasteiger partial charge in [0.1, 0.15) is 5.82 Å². The smallest absolute Gasteiger partial charge is 0.123 e. The highest BCUT2D eigenvalue weighted by atomic mass is 19.1. The van der Waals surface area contributed by atoms with Crippen LogP contribution >= 0.6 is 0 Å². The average Bonchev–Trinajstić information content (AvgIpc) is 2.62. The Kier molecular flexibility index (Phi) is 7.12. The normalized spacial score (nSPS) is 12.2. The summed E-state index contributed by atoms with van der Waals surface area (Å²) < 4.78 is 13.3. The fraction of sp³-hybridized carbons (Fsp3) is 0.381. The third-order valence-corrected chi connectivity index (χ3v) is 4.44. The van der Waals surface area contributed by atoms with Gasteiger partial charge in [-0.1, -0.05) is 24.6 Å². The summed E-state index contributed by atoms with van der Waals surface area (Å²) in [7, 11) is 4.11. The molecule has 25 heavy (non-hydrogen) atoms. The first-order valence-electron chi connectivity index (χ1n) is 8.59. The number of rotatable bonds is 8. The van der Waals surface area contributed by atoms with Gasteiger partial charge in [-0.2, -0.15) is 5.26 Å². The van der Waals surface area contributed by atoms with E-state index in [1.165, 1.54) is 12.1 Å². The lowest BCUT2D eigenvalue weighted by atomic mass is 9.84. The quantitative estimate of drug-likeness (QED) is 0.737. The van der Waals surface area contributed by atoms with Crippen LogP contribution in [0.1, 0.15) is 47.4 Å². The van der Waals surface area contributed by atoms with Crippen LogP contribution in [0.3, 0.4) is 0 Å². The van der Waals surface area contributed by atoms with Gasteiger partial charge in [-0.25, -0.2) is 4.39 Å². The van der Waals surface area contributed by atoms with Crippen molar-refractivity contribution >= 4 is 0 Å². The van der Waals surface area contributed by atoms with Crippen molar-refractivity contribution in [2.45, 2.75) is 31.8 Å². The van der Waals surface area contributed by atoms with Crippen molar-refractivity contribution in [3.63, 3.8) is 0 Å². The molecule has 1 unspecified atom stereocenters. The predicted molar refractivity (Wildman–Crippen MR) is 97.7 cm³/mol. The first-order chi connectivity index (χ1) is 12.0. The lowest BCUT2D eigenvalue weighted by Gasteiger charge is -2.21. The van der Waals surface area contributed by atoms with E-state index in [0.717, 1.165) is 42.5 Å². The highest BCUT2D eigenvalue weighted by Gasteiger charge is 2.18. The molecule has 0 aliphatic heterocycles. The molecule has 0 amide bonds. The van der Waals surface area contributed by atoms with Crippen LogP contribution in [0, 0.1) is 17.1 Å². The van der Waals surface area contributed by atoms with Crippen molar-refractivity contribution in [2.75, 3.05) is 20.6 Å². The fourth-order valence-electron chi connectivity index (χ4n) is 3.13. The summed E-state index contributed by atoms with van der Waals surface area (Å²) in [6.45, 7) is 0.913. The summed E-state index contributed by atoms with van der Waals surface area (Å²) in [6.07, 6.45) is 3.03. The van der Waals surface area contributed by atoms with Crippen molar-refractivity contribution < 1.29 is 9.50 Å². The van der Waals surface area contributed by atoms with Gasteiger partial charge in [0.15, 0.2) is 0 Å². The van der Waals surface area contributed by atoms with Gasteiger partial charge in [0.2, 0.25) is 0 Å². The number of hydrogen-bond acceptors (Lipinski definition) is 3. The van der Waals surface area contributed by atoms with Gasteiger partial charge < -0.3 is 10.0 Å². The van der Waals surface area contributed by atoms with Crippen LogP contribution in [-0.4, -0.2) is 30.6 Å². The summed E-state index contributed by atoms with van der Waals surface area (Å²) in [4.78, 5) is 2.16. The van der Waals surface area contributed by atoms with E-state index in [4.69, 9.17) is 5.26 Å². The third-order valence-electron chi connectivity index (χ3n) is 4.44. The van der Waals surface area contributed by atoms with Gasteiger partial charge in [-0.3, -0.25) is 0 Å². The maximum absolute atomic E-state index is 13.3. The minimum atomic E-state index is -0.252. The first kappa shape index (κ1) is 19.1. The fourth-order valence-corrected chi connectivity index (χ4v) is 3.13. The zero-order valence-corrected chi connectivity index (χ0v) is 14.9. The van der Waals surface area contributed by atoms with E-state index >= 15 is 0 Å². The summed E-state index contributed by atoms with van der Waals surface area (Å²) in [5.41, 5.74) is 3.35. The SMILES string of the molecule is CN(C)CCCCC(c1ccc(F)cc1)c1ccc(C#N)cc1CO. The van der Waals surface area contributed by atoms with E-state index in [9.17, 15) is 9.50 Å². The molecule has 0 fully saturated rings. The number of aliphatic hydroxyl groups excluding tert-OH is 1. The van der Waals surface area contributed by atoms with Gasteiger partial charge >= 0.3 is 0 Å². The molecule has 2 rings (SSSR count). The highest BCUT2D eigenvalue weighted by Crippen LogP contribution is 2.33. The summed E-state index contributed by atoms with van der Waals surface area (Å²) >= 11 is 0. The molecule has 3 nitrogen and oxygen atoms in total. The second kappa shape index (κ2) is 9.31. The Morgan fingerprint density at radius 3 is 2.44 bits per heavy atom. The number of nitriles is 1. The van der Waals surface area contributed by atoms with E-state index in [0.29, 0.717) is 5.56 Å². The maximum Gasteiger partial charge on any atom is 0.123 e. The Bertz CT molecular complexity index is 720. The van der Waals surface area contributed by atoms with Gasteiger partial charge in [0.05, 0.1) is 18.2 Å². The number of unbranched alkanes of at least 4 members (excludes halogenated alkanes) is 1. The second-order valence-corrected chi connectivity index (χ2v) is 6.59. The summed E-state index contributed by atoms with van der Waals surface area (Å²) in [5.74, 6) is -0.171. The molecule has 0 spiro atoms. The van der Waals surface area contributed by atoms with Crippen LogP contribution in [0.15, 0.2) is 42.5 Å². The van der Waals surface area contributed by atoms with Crippen LogP contribution in [-0.2, 0) is 6.61 Å². The van der Waals surface area contributed by atoms with Gasteiger partial charge in [0.25, 0.3) is 0 Å². The average molecular weight is 340 g/mol. The summed E-state index contributed by atoms with van der Waals surface area (Å²) in [5, 5.41) is 18.8. The zero-order valence-electron chi connectivity index (χ0n) is 14.9. The van der Waals surface area contributed by atoms with Crippen LogP contribution in [0.2, 0.25) is 0 Å². The molecule has 2 aromatic carbocycles. The number of benzene rings is 2. The molecule has 4 heteroatoms. The maximum atomic E-state index is 13.3. The predicted octanol–water partition coefficient (Wildman–Crippen LogP) is 4.05. The summed E-state index contributed by atoms with van der Waals surface area (Å²) in [6, 6.07) is 14.1. The van der Waals surface area contributed by atoms with E-state index in [-0.39, 0.29) is 18.3 Å². The number of hydrogen-bond donors (Lipinski definition) is 1. The Morgan fingerprint density at radius 2 is 1.84 bits per heavy atom. The molecule has 0 aromatic heterocycles. The molecular formula is C21H25FN2O. The van der Waals surface area contributed by atoms with Crippen molar-refractivity contribution in [1.29, 1.82) is 5.26 Å². The largest absolute Gasteiger partial charge is 0.392 e. The van der Waals surface area contributed by atoms with Gasteiger partial charge in [-0.05, 0) is 74.4 Å². The van der Waals surface area contributed by atoms with Crippen LogP contribution in [0.5, 0.6) is 0 Å². The Balaban J connectivity index is 2.30. The standard InChI is InChI=1S/C21H25FN2O/c1-24(2)12-4-3-5-20(17-7-9-19(22)10-8-17)21-11-6-16(14-23)13-18(21)15-25/h6-11,13,20,25H,3-5,12,15H2,1-2H3. The topological polar surface area (TPSA) is 47.3 Å². The Labute approximate surface area is 149 Å². The molecule has 0 aliphatic rings. The Morgan fingerprint density at radius 1 is 1.12 bits per heavy atom. The first-order valence-corrected chi connectivity index (χ1v) is 8.59. The second-order valence-electron chi connectivity index (χ2n) is 6.59. The van der Waals surface area contributed by atoms with E-state index in [2.05, 4.69) is 25.1 Å². The lowest BCUT2D eigenvalue weighted by Crippen LogP contribution is -2.13. The van der Waals surface area contributed by atoms with Crippen LogP contribution in [0.25, 0.3) is 0 Å². The molecule has 2 aromatic rings. The van der Waals surface area contributed by atoms with E-state index in [1.54, 1.807) is 12.1 Å².